The Morgan fingerprint density at radius 2 is 0.811 bits per heavy atom. The van der Waals surface area contributed by atoms with Gasteiger partial charge in [0.25, 0.3) is 11.8 Å². The Morgan fingerprint density at radius 1 is 0.392 bits per heavy atom. The second-order valence-corrected chi connectivity index (χ2v) is 38.2. The molecule has 3 saturated heterocycles. The molecule has 6 aromatic rings. The summed E-state index contributed by atoms with van der Waals surface area (Å²) in [6, 6.07) is 16.1. The first-order valence-electron chi connectivity index (χ1n) is 50.1. The summed E-state index contributed by atoms with van der Waals surface area (Å²) in [6.45, 7) is 14.5. The SMILES string of the molecule is CCNC(=O)c1nnc(-c2cc(C(C)C)c(O)cc2O)n1-c1ccc(CN2CCN(C(=O)CCC(=O)C[C@@H](CCCCCC(=O)CCCC(=O)[C@@H](CCC(N)=O)NC(=O)[C@@H](CCC(N)=O)CC(=O)[C@@H](CCC(N)=O)NC(=O)CC[C@H](C(=O)O)N3CCN(CC(=O)O)CCN(CC(=O)O)CCN(CC(=O)O)CC3)C(=O)N3CCN(Cc4ccc(-n5c(C(=O)NCC)nnc5-c5cc(C(C)C)c(O)cc5O)cc4)CC3)CC2)cc1.[Lu]. The number of ketones is 4. The van der Waals surface area contributed by atoms with Crippen LogP contribution in [0.5, 0.6) is 23.0 Å². The summed E-state index contributed by atoms with van der Waals surface area (Å²) in [5.41, 5.74) is 21.0. The van der Waals surface area contributed by atoms with Crippen LogP contribution < -0.4 is 38.5 Å². The van der Waals surface area contributed by atoms with Gasteiger partial charge in [-0.1, -0.05) is 64.8 Å². The Labute approximate surface area is 887 Å². The van der Waals surface area contributed by atoms with Crippen LogP contribution in [0.3, 0.4) is 0 Å². The van der Waals surface area contributed by atoms with Crippen LogP contribution in [0.1, 0.15) is 225 Å². The van der Waals surface area contributed by atoms with Crippen LogP contribution in [0, 0.1) is 48.7 Å². The van der Waals surface area contributed by atoms with Crippen LogP contribution in [0.25, 0.3) is 34.2 Å². The molecule has 46 nitrogen and oxygen atoms in total. The van der Waals surface area contributed by atoms with E-state index < -0.39 is 171 Å². The smallest absolute Gasteiger partial charge is 0.320 e. The molecule has 5 atom stereocenters. The molecule has 9 amide bonds. The van der Waals surface area contributed by atoms with Crippen molar-refractivity contribution < 1.29 is 159 Å². The number of nitrogens with one attached hydrogen (secondary N) is 4. The number of hydrogen-bond donors (Lipinski definition) is 15. The fourth-order valence-corrected chi connectivity index (χ4v) is 18.4. The Kier molecular flexibility index (Phi) is 48.3. The summed E-state index contributed by atoms with van der Waals surface area (Å²) >= 11 is 0. The van der Waals surface area contributed by atoms with Crippen molar-refractivity contribution in [2.75, 3.05) is 137 Å². The van der Waals surface area contributed by atoms with E-state index in [-0.39, 0.29) is 246 Å². The number of nitrogens with zero attached hydrogens (tertiary/aromatic N) is 14. The second-order valence-electron chi connectivity index (χ2n) is 38.2. The number of hydrogen-bond acceptors (Lipinski definition) is 31. The molecule has 815 valence electrons. The number of phenolic OH excluding ortho intramolecular Hbond substituents is 4. The van der Waals surface area contributed by atoms with E-state index >= 15 is 0 Å². The van der Waals surface area contributed by atoms with Crippen LogP contribution >= 0.6 is 0 Å². The Balaban J connectivity index is 0.0000267. The molecule has 18 N–H and O–H groups in total. The van der Waals surface area contributed by atoms with E-state index in [1.54, 1.807) is 52.5 Å². The third kappa shape index (κ3) is 37.2. The maximum absolute atomic E-state index is 14.9. The summed E-state index contributed by atoms with van der Waals surface area (Å²) in [4.78, 5) is 239. The number of primary amides is 3. The number of phenols is 4. The van der Waals surface area contributed by atoms with Gasteiger partial charge in [-0.2, -0.15) is 0 Å². The van der Waals surface area contributed by atoms with Crippen LogP contribution in [0.4, 0.5) is 0 Å². The van der Waals surface area contributed by atoms with Gasteiger partial charge in [-0.25, -0.2) is 0 Å². The Hall–Kier alpha value is -12.9. The van der Waals surface area contributed by atoms with E-state index in [4.69, 9.17) is 17.2 Å². The van der Waals surface area contributed by atoms with Crippen molar-refractivity contribution in [1.29, 1.82) is 0 Å². The molecule has 3 aliphatic rings. The number of benzene rings is 4. The maximum Gasteiger partial charge on any atom is 0.320 e. The minimum atomic E-state index is -1.55. The van der Waals surface area contributed by atoms with Gasteiger partial charge in [0.05, 0.1) is 42.8 Å². The predicted molar refractivity (Wildman–Crippen MR) is 534 cm³/mol. The summed E-state index contributed by atoms with van der Waals surface area (Å²) in [5, 5.41) is 111. The van der Waals surface area contributed by atoms with E-state index in [9.17, 15) is 122 Å². The second kappa shape index (κ2) is 59.4. The minimum absolute atomic E-state index is 0. The molecule has 4 aromatic carbocycles. The number of nitrogens with two attached hydrogens (primary N) is 3. The van der Waals surface area contributed by atoms with Crippen molar-refractivity contribution in [2.45, 2.75) is 213 Å². The molecule has 0 spiro atoms. The van der Waals surface area contributed by atoms with Gasteiger partial charge in [0.1, 0.15) is 40.6 Å². The van der Waals surface area contributed by atoms with Crippen LogP contribution in [0.15, 0.2) is 72.8 Å². The number of carboxylic acid groups (broad SMARTS) is 4. The largest absolute Gasteiger partial charge is 0.508 e. The van der Waals surface area contributed by atoms with Crippen molar-refractivity contribution >= 4 is 100 Å². The topological polar surface area (TPSA) is 666 Å². The molecule has 0 saturated carbocycles. The zero-order valence-corrected chi connectivity index (χ0v) is 86.3. The van der Waals surface area contributed by atoms with Crippen molar-refractivity contribution in [3.8, 4) is 57.1 Å². The molecule has 3 fully saturated rings. The average molecular weight is 2220 g/mol. The van der Waals surface area contributed by atoms with Gasteiger partial charge < -0.3 is 89.1 Å². The van der Waals surface area contributed by atoms with Gasteiger partial charge in [0.2, 0.25) is 53.0 Å². The summed E-state index contributed by atoms with van der Waals surface area (Å²) < 4.78 is 3.09. The number of amides is 9. The van der Waals surface area contributed by atoms with Crippen LogP contribution in [-0.4, -0.2) is 365 Å². The van der Waals surface area contributed by atoms with Gasteiger partial charge in [0, 0.05) is 274 Å². The number of aliphatic carboxylic acids is 4. The molecule has 5 heterocycles. The molecule has 148 heavy (non-hydrogen) atoms. The molecular weight excluding hydrogens is 2080 g/mol. The van der Waals surface area contributed by atoms with Crippen LogP contribution in [-0.2, 0) is 85.0 Å². The Bertz CT molecular complexity index is 5590. The number of aromatic nitrogens is 6. The number of Topliss-reactive ketones (excluding diaryl/α,β-unsaturated/α-hetero) is 4. The van der Waals surface area contributed by atoms with E-state index in [1.807, 2.05) is 64.1 Å². The average Bonchev–Trinajstić information content (AvgIpc) is 1.61. The number of carbonyl (C=O) groups excluding carboxylic acids is 13. The molecule has 9 rings (SSSR count). The van der Waals surface area contributed by atoms with Crippen molar-refractivity contribution in [3.05, 3.63) is 107 Å². The van der Waals surface area contributed by atoms with Gasteiger partial charge in [-0.05, 0) is 129 Å². The number of carboxylic acids is 4. The quantitative estimate of drug-likeness (QED) is 0.0243. The number of rotatable bonds is 57. The minimum Gasteiger partial charge on any atom is -0.508 e. The fourth-order valence-electron chi connectivity index (χ4n) is 18.4. The molecule has 0 bridgehead atoms. The summed E-state index contributed by atoms with van der Waals surface area (Å²) in [6.07, 6.45) is -3.33. The number of piperazine rings is 2. The molecular formula is C101H141LuN21O25. The first-order chi connectivity index (χ1) is 70.0. The zero-order valence-electron chi connectivity index (χ0n) is 84.6. The van der Waals surface area contributed by atoms with Crippen molar-refractivity contribution in [2.24, 2.45) is 29.0 Å². The zero-order chi connectivity index (χ0) is 107. The molecule has 0 unspecified atom stereocenters. The maximum atomic E-state index is 14.9. The number of carbonyl (C=O) groups is 17. The summed E-state index contributed by atoms with van der Waals surface area (Å²) in [5.74, 6) is -15.8. The third-order valence-corrected chi connectivity index (χ3v) is 26.5. The first-order valence-corrected chi connectivity index (χ1v) is 50.1. The van der Waals surface area contributed by atoms with Gasteiger partial charge in [-0.3, -0.25) is 120 Å². The third-order valence-electron chi connectivity index (χ3n) is 26.5. The molecule has 2 aromatic heterocycles. The standard InChI is InChI=1S/C101H141N21O25.Lu/c1-7-105-98(143)95-111-109-93(74-53-72(62(3)4)80(126)55-82(74)128)121(95)68-22-17-64(18-23-68)57-113-41-47-119(48-42-113)89(135)34-26-71(124)51-67(100(145)120-49-43-114(44-50-120)58-65-19-24-69(25-20-65)122-94(110-112-96(122)99(144)106-8-2)75-54-73(63(5)6)81(127)56-83(75)129)13-10-9-11-14-70(123)15-12-16-79(125)76(27-31-86(103)132)108-97(142)66(21-30-85(102)131)52-84(130)77(28-32-87(104)133)107-88(134)33-29-78(101(146)147)118-45-39-116(60-91(138)139)37-35-115(59-90(136)137)36-38-117(40-46-118)61-92(140)141;/h17-20,22-25,53-56,62-63,66-67,76-78,126-129H,7-16,21,26-52,57-61H2,1-6H3,(H2,102,131)(H2,103,132)(H2,104,133)(H,105,143)(H,106,144)(H,107,134)(H,108,142)(H,136,137)(H,138,139)(H,140,141)(H,146,147);/t66-,67+,76+,77+,78+;/m0./s1. The van der Waals surface area contributed by atoms with E-state index in [2.05, 4.69) is 51.5 Å². The van der Waals surface area contributed by atoms with Crippen molar-refractivity contribution in [1.82, 2.24) is 90.0 Å². The van der Waals surface area contributed by atoms with Gasteiger partial charge in [-0.15, -0.1) is 20.4 Å². The van der Waals surface area contributed by atoms with Gasteiger partial charge >= 0.3 is 23.9 Å². The number of unbranched alkanes of at least 4 members (excludes halogenated alkanes) is 2. The molecule has 47 heteroatoms. The summed E-state index contributed by atoms with van der Waals surface area (Å²) in [7, 11) is 0. The molecule has 1 radical (unpaired) electrons. The molecule has 3 aliphatic heterocycles. The number of aromatic hydroxyl groups is 4. The van der Waals surface area contributed by atoms with Crippen molar-refractivity contribution in [3.63, 3.8) is 0 Å². The van der Waals surface area contributed by atoms with Crippen LogP contribution in [0.2, 0.25) is 0 Å². The molecule has 0 aliphatic carbocycles. The fraction of sp³-hybridized carbons (Fsp3) is 0.554. The monoisotopic (exact) mass is 2220 g/mol. The van der Waals surface area contributed by atoms with E-state index in [0.29, 0.717) is 120 Å². The van der Waals surface area contributed by atoms with Gasteiger partial charge in [0.15, 0.2) is 23.2 Å². The van der Waals surface area contributed by atoms with E-state index in [0.717, 1.165) is 11.1 Å². The Morgan fingerprint density at radius 3 is 1.24 bits per heavy atom. The normalized spacial score (nSPS) is 15.5. The predicted octanol–water partition coefficient (Wildman–Crippen LogP) is 3.40. The van der Waals surface area contributed by atoms with E-state index in [1.165, 1.54) is 36.3 Å². The first kappa shape index (κ1) is 120.